The van der Waals surface area contributed by atoms with Crippen LogP contribution < -0.4 is 25.0 Å². The van der Waals surface area contributed by atoms with Crippen LogP contribution in [0.5, 0.6) is 17.2 Å². The second kappa shape index (κ2) is 10.1. The number of methoxy groups -OCH3 is 1. The van der Waals surface area contributed by atoms with E-state index in [9.17, 15) is 9.59 Å². The Kier molecular flexibility index (Phi) is 6.82. The van der Waals surface area contributed by atoms with E-state index in [1.165, 1.54) is 0 Å². The number of carbonyl (C=O) groups is 1. The number of rotatable bonds is 8. The zero-order valence-electron chi connectivity index (χ0n) is 19.2. The predicted octanol–water partition coefficient (Wildman–Crippen LogP) is 5.19. The van der Waals surface area contributed by atoms with Crippen LogP contribution in [-0.2, 0) is 4.79 Å². The van der Waals surface area contributed by atoms with Crippen molar-refractivity contribution in [2.75, 3.05) is 25.6 Å². The second-order valence-corrected chi connectivity index (χ2v) is 7.61. The fourth-order valence-corrected chi connectivity index (χ4v) is 3.48. The normalized spacial score (nSPS) is 10.7. The van der Waals surface area contributed by atoms with Gasteiger partial charge in [-0.25, -0.2) is 0 Å². The molecule has 0 aliphatic heterocycles. The van der Waals surface area contributed by atoms with Gasteiger partial charge in [0.05, 0.1) is 19.1 Å². The van der Waals surface area contributed by atoms with E-state index in [0.717, 1.165) is 5.56 Å². The molecule has 0 spiro atoms. The van der Waals surface area contributed by atoms with E-state index < -0.39 is 5.91 Å². The van der Waals surface area contributed by atoms with E-state index in [0.29, 0.717) is 40.3 Å². The number of ether oxygens (including phenoxy) is 3. The SMILES string of the molecule is CCOc1ccc(NC(=O)COc2c(-c3ccc(OC)cc3)oc3cc(C)ccc3c2=O)cc1. The lowest BCUT2D eigenvalue weighted by atomic mass is 10.1. The molecule has 4 aromatic rings. The number of fused-ring (bicyclic) bond motifs is 1. The van der Waals surface area contributed by atoms with Gasteiger partial charge in [-0.1, -0.05) is 6.07 Å². The van der Waals surface area contributed by atoms with Crippen LogP contribution in [0.1, 0.15) is 12.5 Å². The van der Waals surface area contributed by atoms with Crippen LogP contribution in [0.3, 0.4) is 0 Å². The van der Waals surface area contributed by atoms with Crippen molar-refractivity contribution in [1.82, 2.24) is 0 Å². The monoisotopic (exact) mass is 459 g/mol. The third-order valence-corrected chi connectivity index (χ3v) is 5.16. The summed E-state index contributed by atoms with van der Waals surface area (Å²) < 4.78 is 22.5. The van der Waals surface area contributed by atoms with Crippen LogP contribution in [0.4, 0.5) is 5.69 Å². The average Bonchev–Trinajstić information content (AvgIpc) is 2.84. The van der Waals surface area contributed by atoms with Gasteiger partial charge >= 0.3 is 0 Å². The van der Waals surface area contributed by atoms with Gasteiger partial charge in [-0.05, 0) is 80.1 Å². The van der Waals surface area contributed by atoms with Gasteiger partial charge in [0, 0.05) is 11.3 Å². The molecule has 4 rings (SSSR count). The lowest BCUT2D eigenvalue weighted by molar-refractivity contribution is -0.118. The number of aryl methyl sites for hydroxylation is 1. The van der Waals surface area contributed by atoms with Gasteiger partial charge in [0.25, 0.3) is 5.91 Å². The van der Waals surface area contributed by atoms with E-state index in [4.69, 9.17) is 18.6 Å². The van der Waals surface area contributed by atoms with Crippen LogP contribution in [-0.4, -0.2) is 26.2 Å². The molecule has 7 nitrogen and oxygen atoms in total. The summed E-state index contributed by atoms with van der Waals surface area (Å²) in [4.78, 5) is 25.8. The third kappa shape index (κ3) is 5.04. The molecule has 1 N–H and O–H groups in total. The molecule has 1 amide bonds. The third-order valence-electron chi connectivity index (χ3n) is 5.16. The Hall–Kier alpha value is -4.26. The maximum Gasteiger partial charge on any atom is 0.262 e. The Balaban J connectivity index is 1.62. The summed E-state index contributed by atoms with van der Waals surface area (Å²) in [6, 6.07) is 19.4. The number of amides is 1. The number of nitrogens with one attached hydrogen (secondary N) is 1. The van der Waals surface area contributed by atoms with Crippen molar-refractivity contribution in [2.45, 2.75) is 13.8 Å². The Morgan fingerprint density at radius 1 is 0.941 bits per heavy atom. The van der Waals surface area contributed by atoms with Gasteiger partial charge < -0.3 is 23.9 Å². The molecule has 3 aromatic carbocycles. The summed E-state index contributed by atoms with van der Waals surface area (Å²) >= 11 is 0. The summed E-state index contributed by atoms with van der Waals surface area (Å²) in [6.07, 6.45) is 0. The molecule has 0 fully saturated rings. The summed E-state index contributed by atoms with van der Waals surface area (Å²) in [5, 5.41) is 3.13. The molecule has 0 saturated carbocycles. The maximum atomic E-state index is 13.3. The minimum Gasteiger partial charge on any atom is -0.497 e. The largest absolute Gasteiger partial charge is 0.497 e. The van der Waals surface area contributed by atoms with Gasteiger partial charge in [0.1, 0.15) is 17.1 Å². The van der Waals surface area contributed by atoms with Gasteiger partial charge in [-0.3, -0.25) is 9.59 Å². The molecule has 0 atom stereocenters. The minimum absolute atomic E-state index is 0.0247. The quantitative estimate of drug-likeness (QED) is 0.390. The summed E-state index contributed by atoms with van der Waals surface area (Å²) in [7, 11) is 1.57. The molecular weight excluding hydrogens is 434 g/mol. The van der Waals surface area contributed by atoms with Crippen LogP contribution in [0.2, 0.25) is 0 Å². The molecule has 1 aromatic heterocycles. The summed E-state index contributed by atoms with van der Waals surface area (Å²) in [5.41, 5.74) is 2.28. The van der Waals surface area contributed by atoms with Gasteiger partial charge in [-0.2, -0.15) is 0 Å². The Bertz CT molecular complexity index is 1360. The summed E-state index contributed by atoms with van der Waals surface area (Å²) in [5.74, 6) is 1.20. The first kappa shape index (κ1) is 22.9. The van der Waals surface area contributed by atoms with Gasteiger partial charge in [0.15, 0.2) is 12.4 Å². The number of carbonyl (C=O) groups excluding carboxylic acids is 1. The van der Waals surface area contributed by atoms with E-state index in [-0.39, 0.29) is 23.5 Å². The van der Waals surface area contributed by atoms with Crippen molar-refractivity contribution in [2.24, 2.45) is 0 Å². The standard InChI is InChI=1S/C27H25NO6/c1-4-32-21-12-8-19(9-13-21)28-24(29)16-33-27-25(30)22-14-5-17(2)15-23(22)34-26(27)18-6-10-20(31-3)11-7-18/h5-15H,4,16H2,1-3H3,(H,28,29). The first-order valence-corrected chi connectivity index (χ1v) is 10.9. The first-order valence-electron chi connectivity index (χ1n) is 10.9. The highest BCUT2D eigenvalue weighted by Gasteiger charge is 2.19. The Labute approximate surface area is 196 Å². The zero-order valence-corrected chi connectivity index (χ0v) is 19.2. The van der Waals surface area contributed by atoms with E-state index >= 15 is 0 Å². The smallest absolute Gasteiger partial charge is 0.262 e. The van der Waals surface area contributed by atoms with Crippen LogP contribution in [0.15, 0.2) is 75.9 Å². The van der Waals surface area contributed by atoms with Gasteiger partial charge in [0.2, 0.25) is 11.2 Å². The highest BCUT2D eigenvalue weighted by atomic mass is 16.5. The molecule has 7 heteroatoms. The van der Waals surface area contributed by atoms with Crippen molar-refractivity contribution >= 4 is 22.6 Å². The van der Waals surface area contributed by atoms with Gasteiger partial charge in [-0.15, -0.1) is 0 Å². The van der Waals surface area contributed by atoms with Crippen molar-refractivity contribution in [3.05, 3.63) is 82.5 Å². The zero-order chi connectivity index (χ0) is 24.1. The van der Waals surface area contributed by atoms with E-state index in [1.54, 1.807) is 67.8 Å². The van der Waals surface area contributed by atoms with Crippen molar-refractivity contribution in [3.63, 3.8) is 0 Å². The molecule has 0 radical (unpaired) electrons. The van der Waals surface area contributed by atoms with E-state index in [1.807, 2.05) is 19.9 Å². The fourth-order valence-electron chi connectivity index (χ4n) is 3.48. The average molecular weight is 459 g/mol. The van der Waals surface area contributed by atoms with Crippen molar-refractivity contribution < 1.29 is 23.4 Å². The molecule has 34 heavy (non-hydrogen) atoms. The molecule has 0 aliphatic carbocycles. The minimum atomic E-state index is -0.409. The maximum absolute atomic E-state index is 13.3. The van der Waals surface area contributed by atoms with Crippen LogP contribution in [0.25, 0.3) is 22.3 Å². The molecule has 0 saturated heterocycles. The number of hydrogen-bond acceptors (Lipinski definition) is 6. The fraction of sp³-hybridized carbons (Fsp3) is 0.185. The molecule has 0 unspecified atom stereocenters. The van der Waals surface area contributed by atoms with E-state index in [2.05, 4.69) is 5.32 Å². The molecule has 0 aliphatic rings. The lowest BCUT2D eigenvalue weighted by Crippen LogP contribution is -2.22. The van der Waals surface area contributed by atoms with Crippen LogP contribution in [0, 0.1) is 6.92 Å². The van der Waals surface area contributed by atoms with Crippen LogP contribution >= 0.6 is 0 Å². The first-order chi connectivity index (χ1) is 16.5. The molecule has 0 bridgehead atoms. The number of hydrogen-bond donors (Lipinski definition) is 1. The Morgan fingerprint density at radius 2 is 1.65 bits per heavy atom. The lowest BCUT2D eigenvalue weighted by Gasteiger charge is -2.13. The number of anilines is 1. The predicted molar refractivity (Wildman–Crippen MR) is 131 cm³/mol. The highest BCUT2D eigenvalue weighted by Crippen LogP contribution is 2.32. The Morgan fingerprint density at radius 3 is 2.32 bits per heavy atom. The topological polar surface area (TPSA) is 87.0 Å². The number of benzene rings is 3. The second-order valence-electron chi connectivity index (χ2n) is 7.61. The summed E-state index contributed by atoms with van der Waals surface area (Å²) in [6.45, 7) is 4.02. The van der Waals surface area contributed by atoms with Crippen molar-refractivity contribution in [1.29, 1.82) is 0 Å². The molecule has 1 heterocycles. The molecule has 174 valence electrons. The van der Waals surface area contributed by atoms with Crippen molar-refractivity contribution in [3.8, 4) is 28.6 Å². The highest BCUT2D eigenvalue weighted by molar-refractivity contribution is 5.92. The molecular formula is C27H25NO6.